The topological polar surface area (TPSA) is 91.2 Å². The summed E-state index contributed by atoms with van der Waals surface area (Å²) in [5, 5.41) is 14.7. The fraction of sp³-hybridized carbons (Fsp3) is 0.364. The zero-order valence-corrected chi connectivity index (χ0v) is 18.6. The summed E-state index contributed by atoms with van der Waals surface area (Å²) in [5.41, 5.74) is 0.507. The molecule has 11 heteroatoms. The van der Waals surface area contributed by atoms with E-state index in [4.69, 9.17) is 4.98 Å². The van der Waals surface area contributed by atoms with Crippen LogP contribution in [0, 0.1) is 5.92 Å². The molecule has 0 saturated carbocycles. The summed E-state index contributed by atoms with van der Waals surface area (Å²) in [6, 6.07) is 0.820. The van der Waals surface area contributed by atoms with E-state index in [-0.39, 0.29) is 18.4 Å². The van der Waals surface area contributed by atoms with Gasteiger partial charge in [-0.3, -0.25) is 4.79 Å². The van der Waals surface area contributed by atoms with Gasteiger partial charge in [0.05, 0.1) is 11.6 Å². The number of piperidine rings is 1. The molecule has 176 valence electrons. The standard InChI is InChI=1S/C22H24F3N5O2S/c1-2-3-4-5-15(6-10-26-20-27-11-7-18(29-20)22(23,24)25)17-14-33-21(28-17)30-12-8-16(9-13-30)19(31)32/h2,4-7,11,14,16H,1,3,8-10,12-13H2,(H,31,32)(H,26,27,29). The van der Waals surface area contributed by atoms with Gasteiger partial charge in [0.15, 0.2) is 5.13 Å². The molecule has 1 aliphatic heterocycles. The summed E-state index contributed by atoms with van der Waals surface area (Å²) in [7, 11) is 0. The minimum atomic E-state index is -4.54. The van der Waals surface area contributed by atoms with Crippen molar-refractivity contribution in [1.29, 1.82) is 0 Å². The number of carboxylic acid groups (broad SMARTS) is 1. The van der Waals surface area contributed by atoms with Crippen LogP contribution in [-0.4, -0.2) is 45.7 Å². The quantitative estimate of drug-likeness (QED) is 0.391. The van der Waals surface area contributed by atoms with Crippen molar-refractivity contribution in [1.82, 2.24) is 15.0 Å². The van der Waals surface area contributed by atoms with Crippen LogP contribution in [-0.2, 0) is 11.0 Å². The van der Waals surface area contributed by atoms with Crippen LogP contribution in [0.2, 0.25) is 0 Å². The minimum absolute atomic E-state index is 0.115. The zero-order valence-electron chi connectivity index (χ0n) is 17.8. The summed E-state index contributed by atoms with van der Waals surface area (Å²) >= 11 is 1.47. The summed E-state index contributed by atoms with van der Waals surface area (Å²) in [5.74, 6) is -1.19. The number of carbonyl (C=O) groups is 1. The van der Waals surface area contributed by atoms with Crippen LogP contribution < -0.4 is 10.2 Å². The van der Waals surface area contributed by atoms with E-state index in [0.29, 0.717) is 32.4 Å². The molecule has 2 aromatic rings. The normalized spacial score (nSPS) is 15.7. The SMILES string of the molecule is C=CCC=CC(=CCNc1nccc(C(F)(F)F)n1)c1csc(N2CCC(C(=O)O)CC2)n1. The Balaban J connectivity index is 1.71. The van der Waals surface area contributed by atoms with Crippen molar-refractivity contribution in [3.8, 4) is 0 Å². The average Bonchev–Trinajstić information content (AvgIpc) is 3.28. The summed E-state index contributed by atoms with van der Waals surface area (Å²) in [6.07, 6.45) is 5.68. The Morgan fingerprint density at radius 2 is 2.09 bits per heavy atom. The lowest BCUT2D eigenvalue weighted by atomic mass is 9.97. The van der Waals surface area contributed by atoms with Crippen LogP contribution in [0.4, 0.5) is 24.3 Å². The van der Waals surface area contributed by atoms with Gasteiger partial charge in [0, 0.05) is 31.2 Å². The Kier molecular flexibility index (Phi) is 8.21. The summed E-state index contributed by atoms with van der Waals surface area (Å²) in [4.78, 5) is 25.3. The van der Waals surface area contributed by atoms with Gasteiger partial charge in [-0.15, -0.1) is 17.9 Å². The first-order valence-electron chi connectivity index (χ1n) is 10.3. The lowest BCUT2D eigenvalue weighted by molar-refractivity contribution is -0.142. The van der Waals surface area contributed by atoms with Crippen LogP contribution in [0.3, 0.4) is 0 Å². The van der Waals surface area contributed by atoms with Crippen molar-refractivity contribution >= 4 is 34.0 Å². The first kappa shape index (κ1) is 24.4. The third-order valence-electron chi connectivity index (χ3n) is 5.03. The van der Waals surface area contributed by atoms with Crippen molar-refractivity contribution < 1.29 is 23.1 Å². The van der Waals surface area contributed by atoms with Crippen LogP contribution in [0.5, 0.6) is 0 Å². The number of carboxylic acids is 1. The van der Waals surface area contributed by atoms with E-state index >= 15 is 0 Å². The van der Waals surface area contributed by atoms with Crippen molar-refractivity contribution in [2.24, 2.45) is 5.92 Å². The maximum absolute atomic E-state index is 12.8. The maximum Gasteiger partial charge on any atom is 0.433 e. The smallest absolute Gasteiger partial charge is 0.433 e. The highest BCUT2D eigenvalue weighted by Crippen LogP contribution is 2.30. The van der Waals surface area contributed by atoms with E-state index in [2.05, 4.69) is 26.8 Å². The minimum Gasteiger partial charge on any atom is -0.481 e. The first-order chi connectivity index (χ1) is 15.8. The zero-order chi connectivity index (χ0) is 23.8. The van der Waals surface area contributed by atoms with Gasteiger partial charge in [-0.2, -0.15) is 13.2 Å². The molecule has 0 amide bonds. The number of aromatic nitrogens is 3. The van der Waals surface area contributed by atoms with Crippen LogP contribution >= 0.6 is 11.3 Å². The second kappa shape index (κ2) is 11.1. The number of nitrogens with zero attached hydrogens (tertiary/aromatic N) is 4. The third kappa shape index (κ3) is 6.88. The van der Waals surface area contributed by atoms with E-state index < -0.39 is 17.8 Å². The van der Waals surface area contributed by atoms with Gasteiger partial charge < -0.3 is 15.3 Å². The average molecular weight is 480 g/mol. The number of anilines is 2. The second-order valence-electron chi connectivity index (χ2n) is 7.35. The maximum atomic E-state index is 12.8. The number of nitrogens with one attached hydrogen (secondary N) is 1. The van der Waals surface area contributed by atoms with E-state index in [1.807, 2.05) is 17.5 Å². The Labute approximate surface area is 193 Å². The van der Waals surface area contributed by atoms with Crippen molar-refractivity contribution in [3.63, 3.8) is 0 Å². The first-order valence-corrected chi connectivity index (χ1v) is 11.2. The van der Waals surface area contributed by atoms with E-state index in [0.717, 1.165) is 28.7 Å². The monoisotopic (exact) mass is 479 g/mol. The number of halogens is 3. The molecule has 1 saturated heterocycles. The highest BCUT2D eigenvalue weighted by molar-refractivity contribution is 7.13. The van der Waals surface area contributed by atoms with Crippen LogP contribution in [0.25, 0.3) is 5.57 Å². The van der Waals surface area contributed by atoms with Gasteiger partial charge in [0.25, 0.3) is 0 Å². The van der Waals surface area contributed by atoms with Gasteiger partial charge in [-0.1, -0.05) is 24.3 Å². The number of hydrogen-bond donors (Lipinski definition) is 2. The molecule has 33 heavy (non-hydrogen) atoms. The molecule has 0 aliphatic carbocycles. The fourth-order valence-corrected chi connectivity index (χ4v) is 4.15. The highest BCUT2D eigenvalue weighted by atomic mass is 32.1. The Morgan fingerprint density at radius 3 is 2.76 bits per heavy atom. The summed E-state index contributed by atoms with van der Waals surface area (Å²) in [6.45, 7) is 5.15. The summed E-state index contributed by atoms with van der Waals surface area (Å²) < 4.78 is 38.5. The fourth-order valence-electron chi connectivity index (χ4n) is 3.26. The molecule has 0 bridgehead atoms. The number of rotatable bonds is 9. The molecule has 2 N–H and O–H groups in total. The van der Waals surface area contributed by atoms with Crippen LogP contribution in [0.1, 0.15) is 30.7 Å². The van der Waals surface area contributed by atoms with E-state index in [9.17, 15) is 23.1 Å². The molecule has 2 aromatic heterocycles. The van der Waals surface area contributed by atoms with Gasteiger partial charge in [-0.05, 0) is 30.9 Å². The van der Waals surface area contributed by atoms with Gasteiger partial charge >= 0.3 is 12.1 Å². The molecule has 1 fully saturated rings. The number of thiazole rings is 1. The number of hydrogen-bond acceptors (Lipinski definition) is 7. The number of alkyl halides is 3. The molecule has 0 aromatic carbocycles. The molecule has 0 radical (unpaired) electrons. The van der Waals surface area contributed by atoms with Crippen molar-refractivity contribution in [2.45, 2.75) is 25.4 Å². The largest absolute Gasteiger partial charge is 0.481 e. The van der Waals surface area contributed by atoms with E-state index in [1.165, 1.54) is 11.3 Å². The molecule has 1 aliphatic rings. The van der Waals surface area contributed by atoms with Crippen molar-refractivity contribution in [3.05, 3.63) is 59.9 Å². The third-order valence-corrected chi connectivity index (χ3v) is 5.93. The predicted molar refractivity (Wildman–Crippen MR) is 122 cm³/mol. The molecule has 0 unspecified atom stereocenters. The molecular weight excluding hydrogens is 455 g/mol. The molecular formula is C22H24F3N5O2S. The van der Waals surface area contributed by atoms with Gasteiger partial charge in [-0.25, -0.2) is 15.0 Å². The molecule has 3 heterocycles. The van der Waals surface area contributed by atoms with Gasteiger partial charge in [0.2, 0.25) is 5.95 Å². The van der Waals surface area contributed by atoms with Gasteiger partial charge in [0.1, 0.15) is 5.69 Å². The molecule has 0 atom stereocenters. The lowest BCUT2D eigenvalue weighted by Crippen LogP contribution is -2.36. The lowest BCUT2D eigenvalue weighted by Gasteiger charge is -2.29. The molecule has 7 nitrogen and oxygen atoms in total. The van der Waals surface area contributed by atoms with Crippen LogP contribution in [0.15, 0.2) is 48.5 Å². The highest BCUT2D eigenvalue weighted by Gasteiger charge is 2.32. The van der Waals surface area contributed by atoms with Crippen molar-refractivity contribution in [2.75, 3.05) is 29.9 Å². The Bertz CT molecular complexity index is 1030. The number of aliphatic carboxylic acids is 1. The molecule has 3 rings (SSSR count). The Hall–Kier alpha value is -3.21. The predicted octanol–water partition coefficient (Wildman–Crippen LogP) is 4.88. The number of allylic oxidation sites excluding steroid dienone is 4. The molecule has 0 spiro atoms. The van der Waals surface area contributed by atoms with E-state index in [1.54, 1.807) is 12.2 Å². The second-order valence-corrected chi connectivity index (χ2v) is 8.18. The Morgan fingerprint density at radius 1 is 1.33 bits per heavy atom.